The summed E-state index contributed by atoms with van der Waals surface area (Å²) in [5.74, 6) is 1.86. The van der Waals surface area contributed by atoms with E-state index in [4.69, 9.17) is 15.1 Å². The molecule has 7 heteroatoms. The number of hydrogen-bond donors (Lipinski definition) is 0. The summed E-state index contributed by atoms with van der Waals surface area (Å²) in [5.41, 5.74) is 3.95. The Kier molecular flexibility index (Phi) is 4.75. The van der Waals surface area contributed by atoms with Gasteiger partial charge in [-0.25, -0.2) is 14.6 Å². The van der Waals surface area contributed by atoms with Crippen molar-refractivity contribution in [2.45, 2.75) is 34.1 Å². The number of amides is 1. The summed E-state index contributed by atoms with van der Waals surface area (Å²) in [6.45, 7) is 10.9. The maximum atomic E-state index is 12.0. The summed E-state index contributed by atoms with van der Waals surface area (Å²) in [7, 11) is 0. The molecule has 1 aromatic carbocycles. The molecular formula is C21H26N6O. The number of fused-ring (bicyclic) bond motifs is 1. The molecule has 3 aromatic rings. The molecule has 0 unspecified atom stereocenters. The minimum absolute atomic E-state index is 0.215. The molecule has 1 aliphatic heterocycles. The van der Waals surface area contributed by atoms with Crippen LogP contribution in [-0.4, -0.2) is 56.7 Å². The number of nitrogens with zero attached hydrogens (tertiary/aromatic N) is 6. The molecule has 7 nitrogen and oxygen atoms in total. The highest BCUT2D eigenvalue weighted by atomic mass is 16.2. The summed E-state index contributed by atoms with van der Waals surface area (Å²) in [6.07, 6.45) is 0.555. The molecule has 2 aromatic heterocycles. The van der Waals surface area contributed by atoms with E-state index in [2.05, 4.69) is 36.1 Å². The molecule has 1 saturated heterocycles. The van der Waals surface area contributed by atoms with Crippen LogP contribution in [-0.2, 0) is 4.79 Å². The van der Waals surface area contributed by atoms with Crippen LogP contribution in [0.5, 0.6) is 0 Å². The van der Waals surface area contributed by atoms with Gasteiger partial charge < -0.3 is 9.80 Å². The second-order valence-corrected chi connectivity index (χ2v) is 7.35. The Balaban J connectivity index is 1.74. The first-order chi connectivity index (χ1) is 13.5. The van der Waals surface area contributed by atoms with E-state index in [9.17, 15) is 4.79 Å². The van der Waals surface area contributed by atoms with Crippen molar-refractivity contribution in [2.75, 3.05) is 31.1 Å². The van der Waals surface area contributed by atoms with Crippen LogP contribution in [0.1, 0.15) is 30.4 Å². The quantitative estimate of drug-likeness (QED) is 0.701. The Morgan fingerprint density at radius 1 is 1.00 bits per heavy atom. The fourth-order valence-corrected chi connectivity index (χ4v) is 3.75. The van der Waals surface area contributed by atoms with Gasteiger partial charge in [-0.15, -0.1) is 0 Å². The topological polar surface area (TPSA) is 67.2 Å². The van der Waals surface area contributed by atoms with Gasteiger partial charge in [-0.2, -0.15) is 5.10 Å². The van der Waals surface area contributed by atoms with Crippen LogP contribution >= 0.6 is 0 Å². The zero-order chi connectivity index (χ0) is 19.8. The third-order valence-electron chi connectivity index (χ3n) is 5.31. The van der Waals surface area contributed by atoms with Crippen LogP contribution in [0.3, 0.4) is 0 Å². The minimum atomic E-state index is 0.215. The molecule has 3 heterocycles. The summed E-state index contributed by atoms with van der Waals surface area (Å²) in [4.78, 5) is 25.6. The van der Waals surface area contributed by atoms with Gasteiger partial charge in [0.2, 0.25) is 5.91 Å². The van der Waals surface area contributed by atoms with Crippen molar-refractivity contribution in [3.8, 4) is 5.69 Å². The van der Waals surface area contributed by atoms with E-state index in [1.165, 1.54) is 5.56 Å². The van der Waals surface area contributed by atoms with E-state index in [1.54, 1.807) is 0 Å². The first-order valence-corrected chi connectivity index (χ1v) is 9.81. The van der Waals surface area contributed by atoms with E-state index in [1.807, 2.05) is 30.4 Å². The Hall–Kier alpha value is -2.96. The van der Waals surface area contributed by atoms with E-state index in [0.29, 0.717) is 6.42 Å². The molecule has 0 saturated carbocycles. The van der Waals surface area contributed by atoms with Gasteiger partial charge in [-0.1, -0.05) is 24.6 Å². The van der Waals surface area contributed by atoms with Crippen LogP contribution in [0.4, 0.5) is 5.82 Å². The standard InChI is InChI=1S/C21H26N6O/c1-5-18(28)25-10-12-26(13-11-25)20-19-15(3)24-27(21(19)23-16(4)22-20)17-8-6-14(2)7-9-17/h6-9H,5,10-13H2,1-4H3. The van der Waals surface area contributed by atoms with Gasteiger partial charge in [0, 0.05) is 32.6 Å². The van der Waals surface area contributed by atoms with Gasteiger partial charge in [-0.05, 0) is 32.9 Å². The lowest BCUT2D eigenvalue weighted by molar-refractivity contribution is -0.131. The fraction of sp³-hybridized carbons (Fsp3) is 0.429. The van der Waals surface area contributed by atoms with Gasteiger partial charge in [0.05, 0.1) is 16.8 Å². The molecule has 1 aliphatic rings. The van der Waals surface area contributed by atoms with Crippen molar-refractivity contribution in [3.05, 3.63) is 41.3 Å². The molecule has 4 rings (SSSR count). The van der Waals surface area contributed by atoms with Gasteiger partial charge in [0.25, 0.3) is 0 Å². The molecular weight excluding hydrogens is 352 g/mol. The van der Waals surface area contributed by atoms with Gasteiger partial charge in [0.15, 0.2) is 5.65 Å². The van der Waals surface area contributed by atoms with Crippen molar-refractivity contribution in [3.63, 3.8) is 0 Å². The number of benzene rings is 1. The number of aryl methyl sites for hydroxylation is 3. The summed E-state index contributed by atoms with van der Waals surface area (Å²) >= 11 is 0. The predicted octanol–water partition coefficient (Wildman–Crippen LogP) is 2.80. The molecule has 0 N–H and O–H groups in total. The second kappa shape index (κ2) is 7.22. The number of carbonyl (C=O) groups excluding carboxylic acids is 1. The summed E-state index contributed by atoms with van der Waals surface area (Å²) in [5, 5.41) is 5.75. The van der Waals surface area contributed by atoms with Crippen molar-refractivity contribution in [2.24, 2.45) is 0 Å². The van der Waals surface area contributed by atoms with Crippen LogP contribution < -0.4 is 4.90 Å². The van der Waals surface area contributed by atoms with Crippen LogP contribution in [0.25, 0.3) is 16.7 Å². The highest BCUT2D eigenvalue weighted by molar-refractivity contribution is 5.91. The van der Waals surface area contributed by atoms with Crippen molar-refractivity contribution >= 4 is 22.8 Å². The Bertz CT molecular complexity index is 1020. The minimum Gasteiger partial charge on any atom is -0.352 e. The first-order valence-electron chi connectivity index (χ1n) is 9.81. The zero-order valence-electron chi connectivity index (χ0n) is 16.9. The average molecular weight is 378 g/mol. The molecule has 28 heavy (non-hydrogen) atoms. The second-order valence-electron chi connectivity index (χ2n) is 7.35. The third-order valence-corrected chi connectivity index (χ3v) is 5.31. The van der Waals surface area contributed by atoms with E-state index < -0.39 is 0 Å². The zero-order valence-corrected chi connectivity index (χ0v) is 16.9. The molecule has 0 bridgehead atoms. The molecule has 0 aliphatic carbocycles. The number of anilines is 1. The van der Waals surface area contributed by atoms with Crippen LogP contribution in [0, 0.1) is 20.8 Å². The molecule has 1 amide bonds. The normalized spacial score (nSPS) is 14.7. The highest BCUT2D eigenvalue weighted by Crippen LogP contribution is 2.29. The van der Waals surface area contributed by atoms with Gasteiger partial charge in [0.1, 0.15) is 11.6 Å². The summed E-state index contributed by atoms with van der Waals surface area (Å²) < 4.78 is 1.90. The van der Waals surface area contributed by atoms with Crippen LogP contribution in [0.2, 0.25) is 0 Å². The van der Waals surface area contributed by atoms with Crippen molar-refractivity contribution in [1.29, 1.82) is 0 Å². The van der Waals surface area contributed by atoms with Crippen molar-refractivity contribution < 1.29 is 4.79 Å². The SMILES string of the molecule is CCC(=O)N1CCN(c2nc(C)nc3c2c(C)nn3-c2ccc(C)cc2)CC1. The molecule has 0 atom stereocenters. The monoisotopic (exact) mass is 378 g/mol. The number of piperazine rings is 1. The van der Waals surface area contributed by atoms with Crippen LogP contribution in [0.15, 0.2) is 24.3 Å². The Morgan fingerprint density at radius 2 is 1.68 bits per heavy atom. The lowest BCUT2D eigenvalue weighted by atomic mass is 10.2. The maximum Gasteiger partial charge on any atom is 0.222 e. The third kappa shape index (κ3) is 3.21. The molecule has 0 radical (unpaired) electrons. The Labute approximate surface area is 165 Å². The first kappa shape index (κ1) is 18.4. The van der Waals surface area contributed by atoms with E-state index in [0.717, 1.165) is 60.2 Å². The van der Waals surface area contributed by atoms with Gasteiger partial charge >= 0.3 is 0 Å². The highest BCUT2D eigenvalue weighted by Gasteiger charge is 2.25. The smallest absolute Gasteiger partial charge is 0.222 e. The maximum absolute atomic E-state index is 12.0. The molecule has 1 fully saturated rings. The molecule has 0 spiro atoms. The van der Waals surface area contributed by atoms with Crippen molar-refractivity contribution in [1.82, 2.24) is 24.6 Å². The number of carbonyl (C=O) groups is 1. The number of rotatable bonds is 3. The summed E-state index contributed by atoms with van der Waals surface area (Å²) in [6, 6.07) is 8.29. The van der Waals surface area contributed by atoms with Gasteiger partial charge in [-0.3, -0.25) is 4.79 Å². The van der Waals surface area contributed by atoms with E-state index in [-0.39, 0.29) is 5.91 Å². The molecule has 146 valence electrons. The largest absolute Gasteiger partial charge is 0.352 e. The lowest BCUT2D eigenvalue weighted by Crippen LogP contribution is -2.49. The number of aromatic nitrogens is 4. The predicted molar refractivity (Wildman–Crippen MR) is 110 cm³/mol. The number of hydrogen-bond acceptors (Lipinski definition) is 5. The lowest BCUT2D eigenvalue weighted by Gasteiger charge is -2.35. The Morgan fingerprint density at radius 3 is 2.32 bits per heavy atom. The van der Waals surface area contributed by atoms with E-state index >= 15 is 0 Å². The fourth-order valence-electron chi connectivity index (χ4n) is 3.75. The average Bonchev–Trinajstić information content (AvgIpc) is 3.03.